The first-order valence-corrected chi connectivity index (χ1v) is 24.6. The molecular weight excluding hydrogens is 883 g/mol. The molecule has 9 heterocycles. The number of carbonyl (C=O) groups excluding carboxylic acids is 3. The standard InChI is InChI=1S/C28H34N4O6.C24H27N3O4/c1-28(2,3)38-26(34)31-10-4-5-18-13-30(14-22(18)31)19-7-8-20(29-12-19)17-6-9-21-24(11-17)36-16-23-25(15-33)37-27(35)32(21)23;28-13-23-21-14-30-22-9-15(5-8-20(22)27(21)24(29)31-23)19-7-6-18(10-25-19)26-11-16-3-1-2-4-17(16)12-26/h6-9,11-12,18,22-23,25,33H,4-5,10,13-16H2,1-3H3;5-10,16-17,21,23,28H,1-4,11-14H2/t18-,22+,23-,25-;16-,17+,21-,23-/m00/s1. The molecule has 5 saturated heterocycles. The van der Waals surface area contributed by atoms with Crippen molar-refractivity contribution < 1.29 is 48.3 Å². The average molecular weight is 944 g/mol. The summed E-state index contributed by atoms with van der Waals surface area (Å²) in [6.07, 6.45) is 9.17. The van der Waals surface area contributed by atoms with Crippen molar-refractivity contribution in [3.63, 3.8) is 0 Å². The number of pyridine rings is 2. The lowest BCUT2D eigenvalue weighted by Gasteiger charge is -2.37. The number of likely N-dealkylation sites (tertiary alicyclic amines) is 1. The number of piperidine rings is 1. The van der Waals surface area contributed by atoms with Gasteiger partial charge < -0.3 is 48.6 Å². The number of aliphatic hydroxyl groups is 2. The molecule has 7 aliphatic heterocycles. The summed E-state index contributed by atoms with van der Waals surface area (Å²) in [7, 11) is 0. The van der Waals surface area contributed by atoms with Crippen molar-refractivity contribution in [3.05, 3.63) is 73.1 Å². The van der Waals surface area contributed by atoms with Gasteiger partial charge in [-0.25, -0.2) is 14.4 Å². The number of benzene rings is 2. The van der Waals surface area contributed by atoms with E-state index in [1.54, 1.807) is 9.80 Å². The highest BCUT2D eigenvalue weighted by Gasteiger charge is 2.48. The van der Waals surface area contributed by atoms with Crippen LogP contribution in [0.1, 0.15) is 59.3 Å². The molecule has 2 aromatic carbocycles. The average Bonchev–Trinajstić information content (AvgIpc) is 4.16. The third-order valence-electron chi connectivity index (χ3n) is 15.2. The zero-order valence-corrected chi connectivity index (χ0v) is 39.4. The number of aliphatic hydroxyl groups excluding tert-OH is 2. The van der Waals surface area contributed by atoms with Crippen molar-refractivity contribution in [1.29, 1.82) is 0 Å². The topological polar surface area (TPSA) is 180 Å². The van der Waals surface area contributed by atoms with Crippen molar-refractivity contribution in [2.45, 2.75) is 95.2 Å². The number of rotatable bonds is 6. The maximum Gasteiger partial charge on any atom is 0.415 e. The van der Waals surface area contributed by atoms with Crippen LogP contribution in [-0.4, -0.2) is 138 Å². The Balaban J connectivity index is 0.000000154. The molecule has 3 amide bonds. The summed E-state index contributed by atoms with van der Waals surface area (Å²) >= 11 is 0. The van der Waals surface area contributed by atoms with Crippen LogP contribution < -0.4 is 29.1 Å². The highest BCUT2D eigenvalue weighted by atomic mass is 16.6. The van der Waals surface area contributed by atoms with Gasteiger partial charge in [0.25, 0.3) is 0 Å². The summed E-state index contributed by atoms with van der Waals surface area (Å²) in [6, 6.07) is 19.2. The van der Waals surface area contributed by atoms with Gasteiger partial charge in [0.15, 0.2) is 12.2 Å². The smallest absolute Gasteiger partial charge is 0.415 e. The lowest BCUT2D eigenvalue weighted by atomic mass is 9.82. The number of ether oxygens (including phenoxy) is 5. The van der Waals surface area contributed by atoms with Crippen molar-refractivity contribution in [2.75, 3.05) is 78.8 Å². The summed E-state index contributed by atoms with van der Waals surface area (Å²) in [6.45, 7) is 10.5. The Kier molecular flexibility index (Phi) is 11.9. The minimum absolute atomic E-state index is 0.141. The number of carbonyl (C=O) groups is 3. The summed E-state index contributed by atoms with van der Waals surface area (Å²) in [4.78, 5) is 56.8. The molecular formula is C52H61N7O10. The van der Waals surface area contributed by atoms with Crippen LogP contribution in [0, 0.1) is 17.8 Å². The van der Waals surface area contributed by atoms with Gasteiger partial charge in [0.1, 0.15) is 42.4 Å². The van der Waals surface area contributed by atoms with E-state index in [1.165, 1.54) is 31.4 Å². The second kappa shape index (κ2) is 18.2. The summed E-state index contributed by atoms with van der Waals surface area (Å²) in [5, 5.41) is 19.0. The number of nitrogens with zero attached hydrogens (tertiary/aromatic N) is 7. The van der Waals surface area contributed by atoms with E-state index in [9.17, 15) is 24.6 Å². The van der Waals surface area contributed by atoms with Crippen LogP contribution in [0.25, 0.3) is 22.5 Å². The fourth-order valence-corrected chi connectivity index (χ4v) is 11.7. The zero-order valence-electron chi connectivity index (χ0n) is 39.4. The number of hydrogen-bond donors (Lipinski definition) is 2. The Morgan fingerprint density at radius 1 is 0.652 bits per heavy atom. The first-order valence-electron chi connectivity index (χ1n) is 24.6. The van der Waals surface area contributed by atoms with Crippen LogP contribution in [0.2, 0.25) is 0 Å². The van der Waals surface area contributed by atoms with E-state index < -0.39 is 30.0 Å². The number of aromatic nitrogens is 2. The van der Waals surface area contributed by atoms with Crippen LogP contribution in [0.5, 0.6) is 11.5 Å². The molecule has 8 atom stereocenters. The molecule has 364 valence electrons. The predicted octanol–water partition coefficient (Wildman–Crippen LogP) is 7.12. The molecule has 0 bridgehead atoms. The Bertz CT molecular complexity index is 2560. The molecule has 17 nitrogen and oxygen atoms in total. The highest BCUT2D eigenvalue weighted by Crippen LogP contribution is 2.44. The predicted molar refractivity (Wildman–Crippen MR) is 257 cm³/mol. The normalized spacial score (nSPS) is 27.6. The minimum Gasteiger partial charge on any atom is -0.489 e. The molecule has 17 heteroatoms. The Hall–Kier alpha value is -6.33. The van der Waals surface area contributed by atoms with Gasteiger partial charge in [0, 0.05) is 43.9 Å². The van der Waals surface area contributed by atoms with E-state index in [4.69, 9.17) is 33.7 Å². The van der Waals surface area contributed by atoms with Crippen molar-refractivity contribution in [1.82, 2.24) is 14.9 Å². The van der Waals surface area contributed by atoms with E-state index in [0.29, 0.717) is 35.4 Å². The van der Waals surface area contributed by atoms with E-state index in [2.05, 4.69) is 28.0 Å². The van der Waals surface area contributed by atoms with Gasteiger partial charge in [-0.2, -0.15) is 0 Å². The quantitative estimate of drug-likeness (QED) is 0.187. The number of cyclic esters (lactones) is 2. The molecule has 6 fully saturated rings. The van der Waals surface area contributed by atoms with Crippen molar-refractivity contribution in [2.24, 2.45) is 17.8 Å². The first-order chi connectivity index (χ1) is 33.4. The van der Waals surface area contributed by atoms with Gasteiger partial charge in [0.05, 0.1) is 65.8 Å². The number of hydrogen-bond acceptors (Lipinski definition) is 14. The molecule has 1 saturated carbocycles. The third kappa shape index (κ3) is 8.61. The molecule has 2 N–H and O–H groups in total. The SMILES string of the molecule is CC(C)(C)OC(=O)N1CCC[C@H]2CN(c3ccc(-c4ccc5c(c4)OC[C@H]4[C@H](CO)OC(=O)N54)nc3)C[C@H]21.O=C1O[C@@H](CO)[C@@H]2COc3cc(-c4ccc(N5C[C@H]6CCCC[C@H]6C5)cn4)ccc3N12. The lowest BCUT2D eigenvalue weighted by molar-refractivity contribution is 0.00668. The summed E-state index contributed by atoms with van der Waals surface area (Å²) in [5.41, 5.74) is 6.54. The van der Waals surface area contributed by atoms with Crippen LogP contribution >= 0.6 is 0 Å². The molecule has 12 rings (SSSR count). The fourth-order valence-electron chi connectivity index (χ4n) is 11.7. The van der Waals surface area contributed by atoms with Crippen LogP contribution in [0.4, 0.5) is 37.1 Å². The van der Waals surface area contributed by atoms with Gasteiger partial charge >= 0.3 is 18.3 Å². The first kappa shape index (κ1) is 45.1. The largest absolute Gasteiger partial charge is 0.489 e. The molecule has 8 aliphatic rings. The minimum atomic E-state index is -0.588. The molecule has 0 radical (unpaired) electrons. The monoisotopic (exact) mass is 943 g/mol. The van der Waals surface area contributed by atoms with Crippen molar-refractivity contribution >= 4 is 41.0 Å². The summed E-state index contributed by atoms with van der Waals surface area (Å²) < 4.78 is 28.1. The molecule has 69 heavy (non-hydrogen) atoms. The maximum absolute atomic E-state index is 12.8. The number of anilines is 4. The zero-order chi connectivity index (χ0) is 47.6. The maximum atomic E-state index is 12.8. The third-order valence-corrected chi connectivity index (χ3v) is 15.2. The van der Waals surface area contributed by atoms with Crippen LogP contribution in [0.3, 0.4) is 0 Å². The van der Waals surface area contributed by atoms with Crippen LogP contribution in [0.15, 0.2) is 73.1 Å². The fraction of sp³-hybridized carbons (Fsp3) is 0.519. The van der Waals surface area contributed by atoms with Gasteiger partial charge in [-0.3, -0.25) is 19.8 Å². The van der Waals surface area contributed by atoms with Crippen molar-refractivity contribution in [3.8, 4) is 34.0 Å². The molecule has 0 spiro atoms. The highest BCUT2D eigenvalue weighted by molar-refractivity contribution is 5.95. The Morgan fingerprint density at radius 3 is 1.62 bits per heavy atom. The van der Waals surface area contributed by atoms with Gasteiger partial charge in [0.2, 0.25) is 0 Å². The number of fused-ring (bicyclic) bond motifs is 8. The second-order valence-electron chi connectivity index (χ2n) is 20.6. The molecule has 1 aliphatic carbocycles. The van der Waals surface area contributed by atoms with Gasteiger partial charge in [-0.15, -0.1) is 0 Å². The van der Waals surface area contributed by atoms with E-state index in [1.807, 2.05) is 80.5 Å². The second-order valence-corrected chi connectivity index (χ2v) is 20.6. The Morgan fingerprint density at radius 2 is 1.14 bits per heavy atom. The Labute approximate surface area is 401 Å². The van der Waals surface area contributed by atoms with Gasteiger partial charge in [-0.1, -0.05) is 25.0 Å². The van der Waals surface area contributed by atoms with E-state index in [0.717, 1.165) is 85.6 Å². The molecule has 0 unspecified atom stereocenters. The van der Waals surface area contributed by atoms with Gasteiger partial charge in [-0.05, 0) is 113 Å². The molecule has 2 aromatic heterocycles. The molecule has 4 aromatic rings. The van der Waals surface area contributed by atoms with E-state index >= 15 is 0 Å². The number of amides is 3. The van der Waals surface area contributed by atoms with Crippen LogP contribution in [-0.2, 0) is 14.2 Å². The van der Waals surface area contributed by atoms with E-state index in [-0.39, 0.29) is 44.0 Å². The lowest BCUT2D eigenvalue weighted by Crippen LogP contribution is -2.50. The summed E-state index contributed by atoms with van der Waals surface area (Å²) in [5.74, 6) is 3.33.